The first-order valence-electron chi connectivity index (χ1n) is 5.43. The monoisotopic (exact) mass is 300 g/mol. The number of rotatable bonds is 4. The van der Waals surface area contributed by atoms with E-state index in [1.165, 1.54) is 16.8 Å². The van der Waals surface area contributed by atoms with Crippen molar-refractivity contribution in [1.29, 1.82) is 0 Å². The van der Waals surface area contributed by atoms with Gasteiger partial charge in [0.1, 0.15) is 4.90 Å². The quantitative estimate of drug-likeness (QED) is 0.891. The van der Waals surface area contributed by atoms with Gasteiger partial charge in [0.05, 0.1) is 5.02 Å². The van der Waals surface area contributed by atoms with Crippen LogP contribution in [0.3, 0.4) is 0 Å². The minimum atomic E-state index is -3.78. The van der Waals surface area contributed by atoms with Gasteiger partial charge in [-0.2, -0.15) is 5.10 Å². The van der Waals surface area contributed by atoms with Gasteiger partial charge in [0.2, 0.25) is 0 Å². The van der Waals surface area contributed by atoms with Crippen LogP contribution in [0, 0.1) is 0 Å². The van der Waals surface area contributed by atoms with Gasteiger partial charge in [0.25, 0.3) is 10.0 Å². The molecule has 6 nitrogen and oxygen atoms in total. The Bertz CT molecular complexity index is 696. The second-order valence-corrected chi connectivity index (χ2v) is 6.01. The number of hydrogen-bond donors (Lipinski definition) is 2. The third-order valence-electron chi connectivity index (χ3n) is 2.47. The van der Waals surface area contributed by atoms with Crippen LogP contribution in [0.25, 0.3) is 0 Å². The zero-order valence-electron chi connectivity index (χ0n) is 10.2. The fraction of sp³-hybridized carbons (Fsp3) is 0.182. The van der Waals surface area contributed by atoms with Crippen LogP contribution in [0.1, 0.15) is 5.56 Å². The Labute approximate surface area is 116 Å². The van der Waals surface area contributed by atoms with E-state index in [9.17, 15) is 8.42 Å². The van der Waals surface area contributed by atoms with Crippen molar-refractivity contribution in [2.75, 3.05) is 4.72 Å². The summed E-state index contributed by atoms with van der Waals surface area (Å²) in [7, 11) is -2.08. The van der Waals surface area contributed by atoms with Crippen molar-refractivity contribution in [3.63, 3.8) is 0 Å². The molecule has 0 aliphatic carbocycles. The lowest BCUT2D eigenvalue weighted by molar-refractivity contribution is 0.600. The fourth-order valence-electron chi connectivity index (χ4n) is 1.54. The molecule has 3 N–H and O–H groups in total. The normalized spacial score (nSPS) is 11.5. The number of nitrogens with zero attached hydrogens (tertiary/aromatic N) is 2. The Balaban J connectivity index is 2.39. The Morgan fingerprint density at radius 2 is 2.16 bits per heavy atom. The molecule has 0 unspecified atom stereocenters. The number of anilines is 1. The van der Waals surface area contributed by atoms with E-state index >= 15 is 0 Å². The molecular formula is C11H13ClN4O2S. The van der Waals surface area contributed by atoms with Gasteiger partial charge in [-0.15, -0.1) is 0 Å². The van der Waals surface area contributed by atoms with Crippen molar-refractivity contribution in [2.45, 2.75) is 11.4 Å². The van der Waals surface area contributed by atoms with Gasteiger partial charge in [-0.05, 0) is 17.7 Å². The fourth-order valence-corrected chi connectivity index (χ4v) is 3.09. The molecule has 19 heavy (non-hydrogen) atoms. The molecule has 0 aliphatic heterocycles. The molecule has 1 heterocycles. The first-order valence-corrected chi connectivity index (χ1v) is 7.29. The Kier molecular flexibility index (Phi) is 3.79. The average molecular weight is 301 g/mol. The number of nitrogens with one attached hydrogen (secondary N) is 1. The molecular weight excluding hydrogens is 288 g/mol. The largest absolute Gasteiger partial charge is 0.326 e. The standard InChI is InChI=1S/C11H13ClN4O2S/c1-16-5-4-11(14-16)15-19(17,18)10-6-8(7-13)2-3-9(10)12/h2-6H,7,13H2,1H3,(H,14,15). The zero-order chi connectivity index (χ0) is 14.0. The Morgan fingerprint density at radius 1 is 1.42 bits per heavy atom. The number of benzene rings is 1. The molecule has 0 aliphatic rings. The zero-order valence-corrected chi connectivity index (χ0v) is 11.7. The van der Waals surface area contributed by atoms with Gasteiger partial charge in [0, 0.05) is 25.9 Å². The lowest BCUT2D eigenvalue weighted by atomic mass is 10.2. The summed E-state index contributed by atoms with van der Waals surface area (Å²) in [5.74, 6) is 0.233. The lowest BCUT2D eigenvalue weighted by Crippen LogP contribution is -2.14. The van der Waals surface area contributed by atoms with Crippen LogP contribution in [0.4, 0.5) is 5.82 Å². The SMILES string of the molecule is Cn1ccc(NS(=O)(=O)c2cc(CN)ccc2Cl)n1. The Hall–Kier alpha value is -1.57. The molecule has 8 heteroatoms. The number of hydrogen-bond acceptors (Lipinski definition) is 4. The van der Waals surface area contributed by atoms with Crippen LogP contribution < -0.4 is 10.5 Å². The maximum atomic E-state index is 12.2. The second kappa shape index (κ2) is 5.20. The first kappa shape index (κ1) is 13.9. The summed E-state index contributed by atoms with van der Waals surface area (Å²) in [6.45, 7) is 0.239. The molecule has 102 valence electrons. The topological polar surface area (TPSA) is 90.0 Å². The van der Waals surface area contributed by atoms with Crippen LogP contribution in [0.2, 0.25) is 5.02 Å². The minimum Gasteiger partial charge on any atom is -0.326 e. The van der Waals surface area contributed by atoms with Gasteiger partial charge in [-0.1, -0.05) is 17.7 Å². The van der Waals surface area contributed by atoms with E-state index in [1.54, 1.807) is 25.4 Å². The van der Waals surface area contributed by atoms with Crippen molar-refractivity contribution in [1.82, 2.24) is 9.78 Å². The molecule has 0 fully saturated rings. The highest BCUT2D eigenvalue weighted by Crippen LogP contribution is 2.24. The van der Waals surface area contributed by atoms with Crippen LogP contribution in [0.15, 0.2) is 35.4 Å². The van der Waals surface area contributed by atoms with E-state index in [0.29, 0.717) is 5.56 Å². The molecule has 0 atom stereocenters. The van der Waals surface area contributed by atoms with Crippen molar-refractivity contribution >= 4 is 27.4 Å². The van der Waals surface area contributed by atoms with Crippen LogP contribution in [0.5, 0.6) is 0 Å². The number of aromatic nitrogens is 2. The highest BCUT2D eigenvalue weighted by atomic mass is 35.5. The number of aryl methyl sites for hydroxylation is 1. The molecule has 2 aromatic rings. The maximum absolute atomic E-state index is 12.2. The summed E-state index contributed by atoms with van der Waals surface area (Å²) in [6, 6.07) is 6.20. The van der Waals surface area contributed by atoms with Crippen LogP contribution in [-0.4, -0.2) is 18.2 Å². The first-order chi connectivity index (χ1) is 8.92. The molecule has 2 rings (SSSR count). The van der Waals surface area contributed by atoms with E-state index in [0.717, 1.165) is 0 Å². The maximum Gasteiger partial charge on any atom is 0.264 e. The molecule has 0 saturated heterocycles. The minimum absolute atomic E-state index is 0.0113. The van der Waals surface area contributed by atoms with E-state index < -0.39 is 10.0 Å². The molecule has 0 bridgehead atoms. The predicted molar refractivity (Wildman–Crippen MR) is 73.4 cm³/mol. The van der Waals surface area contributed by atoms with Gasteiger partial charge < -0.3 is 5.73 Å². The number of nitrogens with two attached hydrogens (primary N) is 1. The smallest absolute Gasteiger partial charge is 0.264 e. The number of halogens is 1. The van der Waals surface area contributed by atoms with Crippen LogP contribution >= 0.6 is 11.6 Å². The van der Waals surface area contributed by atoms with Crippen molar-refractivity contribution < 1.29 is 8.42 Å². The molecule has 1 aromatic heterocycles. The third-order valence-corrected chi connectivity index (χ3v) is 4.31. The van der Waals surface area contributed by atoms with E-state index in [4.69, 9.17) is 17.3 Å². The van der Waals surface area contributed by atoms with Gasteiger partial charge in [-0.25, -0.2) is 8.42 Å². The summed E-state index contributed by atoms with van der Waals surface area (Å²) in [6.07, 6.45) is 1.63. The van der Waals surface area contributed by atoms with Crippen molar-refractivity contribution in [2.24, 2.45) is 12.8 Å². The molecule has 1 aromatic carbocycles. The lowest BCUT2D eigenvalue weighted by Gasteiger charge is -2.08. The van der Waals surface area contributed by atoms with Gasteiger partial charge >= 0.3 is 0 Å². The molecule has 0 spiro atoms. The van der Waals surface area contributed by atoms with E-state index in [-0.39, 0.29) is 22.3 Å². The predicted octanol–water partition coefficient (Wildman–Crippen LogP) is 1.33. The third kappa shape index (κ3) is 3.06. The van der Waals surface area contributed by atoms with Crippen molar-refractivity contribution in [3.8, 4) is 0 Å². The summed E-state index contributed by atoms with van der Waals surface area (Å²) in [5.41, 5.74) is 6.18. The summed E-state index contributed by atoms with van der Waals surface area (Å²) in [5, 5.41) is 4.09. The van der Waals surface area contributed by atoms with Crippen molar-refractivity contribution in [3.05, 3.63) is 41.0 Å². The molecule has 0 saturated carbocycles. The number of sulfonamides is 1. The summed E-state index contributed by atoms with van der Waals surface area (Å²) in [4.78, 5) is -0.0113. The molecule has 0 radical (unpaired) electrons. The van der Waals surface area contributed by atoms with Gasteiger partial charge in [-0.3, -0.25) is 9.40 Å². The Morgan fingerprint density at radius 3 is 2.74 bits per heavy atom. The highest BCUT2D eigenvalue weighted by molar-refractivity contribution is 7.92. The van der Waals surface area contributed by atoms with Gasteiger partial charge in [0.15, 0.2) is 5.82 Å². The summed E-state index contributed by atoms with van der Waals surface area (Å²) >= 11 is 5.92. The van der Waals surface area contributed by atoms with E-state index in [2.05, 4.69) is 9.82 Å². The van der Waals surface area contributed by atoms with E-state index in [1.807, 2.05) is 0 Å². The molecule has 0 amide bonds. The highest BCUT2D eigenvalue weighted by Gasteiger charge is 2.19. The average Bonchev–Trinajstić information content (AvgIpc) is 2.74. The second-order valence-electron chi connectivity index (χ2n) is 3.95. The summed E-state index contributed by atoms with van der Waals surface area (Å²) < 4.78 is 28.3. The van der Waals surface area contributed by atoms with Crippen LogP contribution in [-0.2, 0) is 23.6 Å².